The summed E-state index contributed by atoms with van der Waals surface area (Å²) in [5.74, 6) is 0.567. The molecular formula is C24H26ClN3O7S. The Labute approximate surface area is 213 Å². The van der Waals surface area contributed by atoms with E-state index in [9.17, 15) is 18.4 Å². The fourth-order valence-electron chi connectivity index (χ4n) is 4.02. The fourth-order valence-corrected chi connectivity index (χ4v) is 6.16. The number of hydrogen-bond donors (Lipinski definition) is 1. The van der Waals surface area contributed by atoms with E-state index in [-0.39, 0.29) is 31.0 Å². The van der Waals surface area contributed by atoms with Gasteiger partial charge in [-0.2, -0.15) is 4.98 Å². The third kappa shape index (κ3) is 5.39. The van der Waals surface area contributed by atoms with Gasteiger partial charge in [0.15, 0.2) is 14.6 Å². The predicted molar refractivity (Wildman–Crippen MR) is 130 cm³/mol. The van der Waals surface area contributed by atoms with Gasteiger partial charge in [0.05, 0.1) is 11.5 Å². The molecule has 0 radical (unpaired) electrons. The topological polar surface area (TPSA) is 132 Å². The number of carbonyl (C=O) groups excluding carboxylic acids is 1. The van der Waals surface area contributed by atoms with Crippen LogP contribution >= 0.6 is 11.6 Å². The summed E-state index contributed by atoms with van der Waals surface area (Å²) in [6.07, 6.45) is 1.04. The lowest BCUT2D eigenvalue weighted by atomic mass is 9.98. The molecule has 1 aliphatic heterocycles. The van der Waals surface area contributed by atoms with Gasteiger partial charge in [0, 0.05) is 37.3 Å². The van der Waals surface area contributed by atoms with Crippen molar-refractivity contribution >= 4 is 27.3 Å². The summed E-state index contributed by atoms with van der Waals surface area (Å²) in [6.45, 7) is 0.572. The van der Waals surface area contributed by atoms with Crippen molar-refractivity contribution in [2.24, 2.45) is 0 Å². The van der Waals surface area contributed by atoms with E-state index >= 15 is 0 Å². The molecule has 36 heavy (non-hydrogen) atoms. The Morgan fingerprint density at radius 3 is 2.44 bits per heavy atom. The zero-order valence-electron chi connectivity index (χ0n) is 19.6. The summed E-state index contributed by atoms with van der Waals surface area (Å²) < 4.78 is 41.3. The van der Waals surface area contributed by atoms with Crippen LogP contribution in [0.2, 0.25) is 5.02 Å². The molecule has 2 heterocycles. The molecule has 0 unspecified atom stereocenters. The maximum atomic E-state index is 13.4. The van der Waals surface area contributed by atoms with Crippen LogP contribution < -0.4 is 4.74 Å². The van der Waals surface area contributed by atoms with E-state index < -0.39 is 20.5 Å². The fraction of sp³-hybridized carbons (Fsp3) is 0.375. The summed E-state index contributed by atoms with van der Waals surface area (Å²) in [5.41, 5.74) is 0.801. The van der Waals surface area contributed by atoms with Gasteiger partial charge in [-0.05, 0) is 67.8 Å². The third-order valence-corrected chi connectivity index (χ3v) is 8.76. The van der Waals surface area contributed by atoms with Gasteiger partial charge in [-0.15, -0.1) is 0 Å². The predicted octanol–water partition coefficient (Wildman–Crippen LogP) is 3.57. The molecule has 12 heteroatoms. The number of carbonyl (C=O) groups is 1. The van der Waals surface area contributed by atoms with E-state index in [0.717, 1.165) is 12.6 Å². The Balaban J connectivity index is 1.35. The molecule has 10 nitrogen and oxygen atoms in total. The molecule has 1 aliphatic rings. The van der Waals surface area contributed by atoms with Crippen LogP contribution in [0.15, 0.2) is 57.9 Å². The molecule has 0 atom stereocenters. The van der Waals surface area contributed by atoms with Crippen LogP contribution in [0.4, 0.5) is 0 Å². The highest BCUT2D eigenvalue weighted by Gasteiger charge is 2.53. The maximum absolute atomic E-state index is 13.4. The second-order valence-corrected chi connectivity index (χ2v) is 11.1. The molecule has 0 saturated carbocycles. The number of aromatic nitrogens is 2. The quantitative estimate of drug-likeness (QED) is 0.248. The number of benzene rings is 2. The summed E-state index contributed by atoms with van der Waals surface area (Å²) in [6, 6.07) is 13.0. The summed E-state index contributed by atoms with van der Waals surface area (Å²) in [5, 5.41) is 14.6. The standard InChI is InChI=1S/C24H26ClN3O7S/c1-28(30)23(29)24(12-15-33-16-13-24)36(31,32)20-10-8-19(9-11-20)34-14-2-3-21-26-22(27-35-21)17-4-6-18(25)7-5-17/h4-11,30H,2-3,12-16H2,1H3. The van der Waals surface area contributed by atoms with Gasteiger partial charge in [-0.1, -0.05) is 16.8 Å². The zero-order chi connectivity index (χ0) is 25.8. The van der Waals surface area contributed by atoms with E-state index in [1.807, 2.05) is 12.1 Å². The van der Waals surface area contributed by atoms with Crippen LogP contribution in [0, 0.1) is 0 Å². The Hall–Kier alpha value is -2.99. The minimum absolute atomic E-state index is 0.0208. The first-order valence-electron chi connectivity index (χ1n) is 11.3. The molecule has 192 valence electrons. The highest BCUT2D eigenvalue weighted by Crippen LogP contribution is 2.36. The minimum Gasteiger partial charge on any atom is -0.494 e. The largest absolute Gasteiger partial charge is 0.494 e. The van der Waals surface area contributed by atoms with Crippen molar-refractivity contribution in [1.82, 2.24) is 15.2 Å². The summed E-state index contributed by atoms with van der Waals surface area (Å²) in [4.78, 5) is 17.0. The van der Waals surface area contributed by atoms with E-state index in [0.29, 0.717) is 47.0 Å². The van der Waals surface area contributed by atoms with Crippen molar-refractivity contribution in [2.75, 3.05) is 26.9 Å². The highest BCUT2D eigenvalue weighted by atomic mass is 35.5. The van der Waals surface area contributed by atoms with E-state index in [4.69, 9.17) is 25.6 Å². The van der Waals surface area contributed by atoms with Gasteiger partial charge in [0.25, 0.3) is 5.91 Å². The first-order valence-corrected chi connectivity index (χ1v) is 13.2. The van der Waals surface area contributed by atoms with Gasteiger partial charge in [-0.25, -0.2) is 13.5 Å². The first-order chi connectivity index (χ1) is 17.2. The van der Waals surface area contributed by atoms with Crippen LogP contribution in [-0.2, 0) is 25.8 Å². The number of hydrogen-bond acceptors (Lipinski definition) is 9. The molecule has 4 rings (SSSR count). The van der Waals surface area contributed by atoms with Crippen molar-refractivity contribution < 1.29 is 32.4 Å². The van der Waals surface area contributed by atoms with Crippen molar-refractivity contribution in [3.63, 3.8) is 0 Å². The van der Waals surface area contributed by atoms with E-state index in [1.165, 1.54) is 12.1 Å². The monoisotopic (exact) mass is 535 g/mol. The molecule has 3 aromatic rings. The van der Waals surface area contributed by atoms with Crippen molar-refractivity contribution in [2.45, 2.75) is 35.3 Å². The second kappa shape index (κ2) is 11.0. The molecule has 1 N–H and O–H groups in total. The van der Waals surface area contributed by atoms with Crippen molar-refractivity contribution in [3.05, 3.63) is 59.4 Å². The molecule has 1 saturated heterocycles. The average molecular weight is 536 g/mol. The average Bonchev–Trinajstić information content (AvgIpc) is 3.36. The van der Waals surface area contributed by atoms with Gasteiger partial charge in [0.2, 0.25) is 11.7 Å². The molecular weight excluding hydrogens is 510 g/mol. The maximum Gasteiger partial charge on any atom is 0.267 e. The molecule has 0 spiro atoms. The van der Waals surface area contributed by atoms with Crippen LogP contribution in [0.25, 0.3) is 11.4 Å². The summed E-state index contributed by atoms with van der Waals surface area (Å²) in [7, 11) is -2.97. The second-order valence-electron chi connectivity index (χ2n) is 8.38. The van der Waals surface area contributed by atoms with Crippen LogP contribution in [0.5, 0.6) is 5.75 Å². The lowest BCUT2D eigenvalue weighted by Crippen LogP contribution is -2.55. The molecule has 1 fully saturated rings. The number of ether oxygens (including phenoxy) is 2. The number of halogens is 1. The SMILES string of the molecule is CN(O)C(=O)C1(S(=O)(=O)c2ccc(OCCCc3nc(-c4ccc(Cl)cc4)no3)cc2)CCOCC1. The minimum atomic E-state index is -4.09. The van der Waals surface area contributed by atoms with Crippen molar-refractivity contribution in [3.8, 4) is 17.1 Å². The molecule has 0 bridgehead atoms. The normalized spacial score (nSPS) is 15.4. The van der Waals surface area contributed by atoms with E-state index in [1.54, 1.807) is 24.3 Å². The lowest BCUT2D eigenvalue weighted by Gasteiger charge is -2.36. The Morgan fingerprint density at radius 1 is 1.14 bits per heavy atom. The third-order valence-electron chi connectivity index (χ3n) is 6.01. The van der Waals surface area contributed by atoms with Crippen LogP contribution in [0.1, 0.15) is 25.2 Å². The number of rotatable bonds is 9. The van der Waals surface area contributed by atoms with Crippen molar-refractivity contribution in [1.29, 1.82) is 0 Å². The number of sulfone groups is 1. The number of amides is 1. The first kappa shape index (κ1) is 26.1. The van der Waals surface area contributed by atoms with Crippen LogP contribution in [0.3, 0.4) is 0 Å². The van der Waals surface area contributed by atoms with E-state index in [2.05, 4.69) is 10.1 Å². The lowest BCUT2D eigenvalue weighted by molar-refractivity contribution is -0.164. The zero-order valence-corrected chi connectivity index (χ0v) is 21.2. The molecule has 0 aliphatic carbocycles. The van der Waals surface area contributed by atoms with Gasteiger partial charge in [0.1, 0.15) is 5.75 Å². The van der Waals surface area contributed by atoms with Gasteiger partial charge in [-0.3, -0.25) is 10.0 Å². The summed E-state index contributed by atoms with van der Waals surface area (Å²) >= 11 is 5.90. The van der Waals surface area contributed by atoms with Crippen LogP contribution in [-0.4, -0.2) is 66.4 Å². The number of nitrogens with zero attached hydrogens (tertiary/aromatic N) is 3. The molecule has 2 aromatic carbocycles. The van der Waals surface area contributed by atoms with Gasteiger partial charge < -0.3 is 14.0 Å². The Bertz CT molecular complexity index is 1290. The number of aryl methyl sites for hydroxylation is 1. The number of hydroxylamine groups is 2. The highest BCUT2D eigenvalue weighted by molar-refractivity contribution is 7.93. The smallest absolute Gasteiger partial charge is 0.267 e. The molecule has 1 aromatic heterocycles. The van der Waals surface area contributed by atoms with Gasteiger partial charge >= 0.3 is 0 Å². The molecule has 1 amide bonds. The Kier molecular flexibility index (Phi) is 7.94. The Morgan fingerprint density at radius 2 is 1.81 bits per heavy atom.